The SMILES string of the molecule is CCCCCCNC(=NCCCN1CCOCC1)NCC.I. The first-order valence-electron chi connectivity index (χ1n) is 8.69. The van der Waals surface area contributed by atoms with Crippen molar-refractivity contribution in [1.82, 2.24) is 15.5 Å². The van der Waals surface area contributed by atoms with E-state index in [0.717, 1.165) is 64.9 Å². The molecule has 1 aliphatic rings. The molecule has 1 rings (SSSR count). The number of morpholine rings is 1. The lowest BCUT2D eigenvalue weighted by Gasteiger charge is -2.26. The summed E-state index contributed by atoms with van der Waals surface area (Å²) in [5, 5.41) is 6.74. The molecule has 0 atom stereocenters. The highest BCUT2D eigenvalue weighted by atomic mass is 127. The Morgan fingerprint density at radius 1 is 1.05 bits per heavy atom. The predicted molar refractivity (Wildman–Crippen MR) is 105 cm³/mol. The fourth-order valence-electron chi connectivity index (χ4n) is 2.41. The molecule has 1 heterocycles. The topological polar surface area (TPSA) is 48.9 Å². The Morgan fingerprint density at radius 3 is 2.50 bits per heavy atom. The van der Waals surface area contributed by atoms with Crippen molar-refractivity contribution in [1.29, 1.82) is 0 Å². The van der Waals surface area contributed by atoms with Crippen LogP contribution in [0.15, 0.2) is 4.99 Å². The van der Waals surface area contributed by atoms with Crippen molar-refractivity contribution >= 4 is 29.9 Å². The van der Waals surface area contributed by atoms with Gasteiger partial charge in [-0.15, -0.1) is 24.0 Å². The maximum absolute atomic E-state index is 5.36. The maximum atomic E-state index is 5.36. The number of hydrogen-bond acceptors (Lipinski definition) is 3. The van der Waals surface area contributed by atoms with Crippen LogP contribution in [0.3, 0.4) is 0 Å². The fraction of sp³-hybridized carbons (Fsp3) is 0.938. The van der Waals surface area contributed by atoms with Gasteiger partial charge in [-0.3, -0.25) is 9.89 Å². The van der Waals surface area contributed by atoms with Crippen LogP contribution in [-0.4, -0.2) is 63.3 Å². The first-order chi connectivity index (χ1) is 10.4. The van der Waals surface area contributed by atoms with Crippen LogP contribution in [0.5, 0.6) is 0 Å². The van der Waals surface area contributed by atoms with Gasteiger partial charge in [0.15, 0.2) is 5.96 Å². The molecule has 0 spiro atoms. The lowest BCUT2D eigenvalue weighted by Crippen LogP contribution is -2.38. The maximum Gasteiger partial charge on any atom is 0.191 e. The van der Waals surface area contributed by atoms with Crippen molar-refractivity contribution in [2.75, 3.05) is 52.5 Å². The third kappa shape index (κ3) is 11.5. The van der Waals surface area contributed by atoms with Gasteiger partial charge in [0, 0.05) is 39.3 Å². The van der Waals surface area contributed by atoms with Crippen molar-refractivity contribution in [2.45, 2.75) is 46.0 Å². The minimum absolute atomic E-state index is 0. The van der Waals surface area contributed by atoms with E-state index in [1.54, 1.807) is 0 Å². The van der Waals surface area contributed by atoms with Gasteiger partial charge in [-0.25, -0.2) is 0 Å². The molecule has 0 radical (unpaired) electrons. The summed E-state index contributed by atoms with van der Waals surface area (Å²) in [5.41, 5.74) is 0. The summed E-state index contributed by atoms with van der Waals surface area (Å²) in [4.78, 5) is 7.11. The molecule has 2 N–H and O–H groups in total. The number of rotatable bonds is 10. The molecule has 5 nitrogen and oxygen atoms in total. The van der Waals surface area contributed by atoms with E-state index >= 15 is 0 Å². The second-order valence-electron chi connectivity index (χ2n) is 5.56. The molecule has 1 saturated heterocycles. The fourth-order valence-corrected chi connectivity index (χ4v) is 2.41. The van der Waals surface area contributed by atoms with Gasteiger partial charge in [-0.1, -0.05) is 26.2 Å². The van der Waals surface area contributed by atoms with E-state index in [1.165, 1.54) is 25.7 Å². The van der Waals surface area contributed by atoms with Crippen LogP contribution in [0.4, 0.5) is 0 Å². The van der Waals surface area contributed by atoms with Gasteiger partial charge in [-0.05, 0) is 19.8 Å². The summed E-state index contributed by atoms with van der Waals surface area (Å²) in [7, 11) is 0. The predicted octanol–water partition coefficient (Wildman–Crippen LogP) is 2.46. The number of nitrogens with one attached hydrogen (secondary N) is 2. The van der Waals surface area contributed by atoms with Gasteiger partial charge in [-0.2, -0.15) is 0 Å². The Hall–Kier alpha value is -0.0800. The molecule has 0 aliphatic carbocycles. The molecule has 132 valence electrons. The Morgan fingerprint density at radius 2 is 1.82 bits per heavy atom. The zero-order valence-corrected chi connectivity index (χ0v) is 16.7. The number of guanidine groups is 1. The molecule has 1 aliphatic heterocycles. The molecule has 0 bridgehead atoms. The minimum atomic E-state index is 0. The smallest absolute Gasteiger partial charge is 0.191 e. The van der Waals surface area contributed by atoms with E-state index < -0.39 is 0 Å². The van der Waals surface area contributed by atoms with Crippen LogP contribution < -0.4 is 10.6 Å². The lowest BCUT2D eigenvalue weighted by molar-refractivity contribution is 0.0377. The highest BCUT2D eigenvalue weighted by Gasteiger charge is 2.08. The van der Waals surface area contributed by atoms with Crippen LogP contribution in [0.1, 0.15) is 46.0 Å². The number of nitrogens with zero attached hydrogens (tertiary/aromatic N) is 2. The second-order valence-corrected chi connectivity index (χ2v) is 5.56. The average Bonchev–Trinajstić information content (AvgIpc) is 2.52. The first-order valence-corrected chi connectivity index (χ1v) is 8.69. The Labute approximate surface area is 153 Å². The monoisotopic (exact) mass is 426 g/mol. The van der Waals surface area contributed by atoms with Crippen molar-refractivity contribution in [2.24, 2.45) is 4.99 Å². The molecule has 0 amide bonds. The van der Waals surface area contributed by atoms with Crippen LogP contribution in [0.25, 0.3) is 0 Å². The van der Waals surface area contributed by atoms with Crippen LogP contribution in [0, 0.1) is 0 Å². The van der Waals surface area contributed by atoms with E-state index in [2.05, 4.69) is 34.4 Å². The zero-order valence-electron chi connectivity index (χ0n) is 14.4. The third-order valence-corrected chi connectivity index (χ3v) is 3.67. The summed E-state index contributed by atoms with van der Waals surface area (Å²) in [6.45, 7) is 12.2. The van der Waals surface area contributed by atoms with E-state index in [1.807, 2.05) is 0 Å². The molecule has 0 saturated carbocycles. The number of ether oxygens (including phenoxy) is 1. The number of halogens is 1. The lowest BCUT2D eigenvalue weighted by atomic mass is 10.2. The van der Waals surface area contributed by atoms with Crippen molar-refractivity contribution in [3.63, 3.8) is 0 Å². The van der Waals surface area contributed by atoms with E-state index in [-0.39, 0.29) is 24.0 Å². The Balaban J connectivity index is 0.00000441. The quantitative estimate of drug-likeness (QED) is 0.244. The largest absolute Gasteiger partial charge is 0.379 e. The minimum Gasteiger partial charge on any atom is -0.379 e. The number of aliphatic imine (C=N–C) groups is 1. The summed E-state index contributed by atoms with van der Waals surface area (Å²) in [6, 6.07) is 0. The van der Waals surface area contributed by atoms with Crippen molar-refractivity contribution < 1.29 is 4.74 Å². The first kappa shape index (κ1) is 21.9. The summed E-state index contributed by atoms with van der Waals surface area (Å²) >= 11 is 0. The van der Waals surface area contributed by atoms with Crippen molar-refractivity contribution in [3.05, 3.63) is 0 Å². The van der Waals surface area contributed by atoms with Crippen LogP contribution in [0.2, 0.25) is 0 Å². The Kier molecular flexibility index (Phi) is 15.7. The molecule has 1 fully saturated rings. The third-order valence-electron chi connectivity index (χ3n) is 3.67. The normalized spacial score (nSPS) is 16.2. The molecule has 0 aromatic carbocycles. The number of unbranched alkanes of at least 4 members (excludes halogenated alkanes) is 3. The molecule has 6 heteroatoms. The van der Waals surface area contributed by atoms with E-state index in [0.29, 0.717) is 0 Å². The van der Waals surface area contributed by atoms with Gasteiger partial charge in [0.1, 0.15) is 0 Å². The molecular formula is C16H35IN4O. The second kappa shape index (κ2) is 15.8. The van der Waals surface area contributed by atoms with Gasteiger partial charge in [0.05, 0.1) is 13.2 Å². The number of hydrogen-bond donors (Lipinski definition) is 2. The van der Waals surface area contributed by atoms with E-state index in [4.69, 9.17) is 4.74 Å². The Bertz CT molecular complexity index is 271. The molecule has 0 aromatic rings. The van der Waals surface area contributed by atoms with Gasteiger partial charge < -0.3 is 15.4 Å². The average molecular weight is 426 g/mol. The van der Waals surface area contributed by atoms with Gasteiger partial charge in [0.2, 0.25) is 0 Å². The standard InChI is InChI=1S/C16H34N4O.HI/c1-3-5-6-7-9-18-16(17-4-2)19-10-8-11-20-12-14-21-15-13-20;/h3-15H2,1-2H3,(H2,17,18,19);1H. The van der Waals surface area contributed by atoms with Crippen LogP contribution in [-0.2, 0) is 4.74 Å². The van der Waals surface area contributed by atoms with E-state index in [9.17, 15) is 0 Å². The summed E-state index contributed by atoms with van der Waals surface area (Å²) < 4.78 is 5.36. The molecule has 0 unspecified atom stereocenters. The summed E-state index contributed by atoms with van der Waals surface area (Å²) in [6.07, 6.45) is 6.27. The summed E-state index contributed by atoms with van der Waals surface area (Å²) in [5.74, 6) is 0.968. The molecular weight excluding hydrogens is 391 g/mol. The molecule has 22 heavy (non-hydrogen) atoms. The highest BCUT2D eigenvalue weighted by molar-refractivity contribution is 14.0. The highest BCUT2D eigenvalue weighted by Crippen LogP contribution is 1.98. The van der Waals surface area contributed by atoms with Crippen molar-refractivity contribution in [3.8, 4) is 0 Å². The molecule has 0 aromatic heterocycles. The van der Waals surface area contributed by atoms with Crippen LogP contribution >= 0.6 is 24.0 Å². The van der Waals surface area contributed by atoms with Gasteiger partial charge >= 0.3 is 0 Å². The zero-order chi connectivity index (χ0) is 15.2. The van der Waals surface area contributed by atoms with Gasteiger partial charge in [0.25, 0.3) is 0 Å².